The number of nitrogens with zero attached hydrogens (tertiary/aromatic N) is 3. The van der Waals surface area contributed by atoms with E-state index in [-0.39, 0.29) is 23.5 Å². The molecule has 7 nitrogen and oxygen atoms in total. The molecule has 0 aliphatic rings. The van der Waals surface area contributed by atoms with Crippen molar-refractivity contribution in [1.29, 1.82) is 0 Å². The number of rotatable bonds is 10. The van der Waals surface area contributed by atoms with Crippen LogP contribution in [0.3, 0.4) is 0 Å². The largest absolute Gasteiger partial charge is 0.342 e. The first-order valence-corrected chi connectivity index (χ1v) is 13.8. The van der Waals surface area contributed by atoms with Crippen molar-refractivity contribution in [3.8, 4) is 0 Å². The Bertz CT molecular complexity index is 1250. The first-order chi connectivity index (χ1) is 17.1. The van der Waals surface area contributed by atoms with Crippen LogP contribution >= 0.6 is 46.0 Å². The minimum absolute atomic E-state index is 0.0252. The molecule has 1 aromatic heterocycles. The van der Waals surface area contributed by atoms with Gasteiger partial charge in [0.25, 0.3) is 5.91 Å². The van der Waals surface area contributed by atoms with Gasteiger partial charge in [-0.3, -0.25) is 9.59 Å². The fraction of sp³-hybridized carbons (Fsp3) is 0.308. The van der Waals surface area contributed by atoms with Gasteiger partial charge in [-0.15, -0.1) is 16.8 Å². The van der Waals surface area contributed by atoms with E-state index >= 15 is 0 Å². The van der Waals surface area contributed by atoms with Crippen LogP contribution in [-0.4, -0.2) is 32.3 Å². The molecule has 3 rings (SSSR count). The number of anilines is 1. The van der Waals surface area contributed by atoms with E-state index in [0.29, 0.717) is 28.1 Å². The fourth-order valence-corrected chi connectivity index (χ4v) is 5.66. The Morgan fingerprint density at radius 1 is 1.19 bits per heavy atom. The number of carbonyl (C=O) groups excluding carboxylic acids is 2. The summed E-state index contributed by atoms with van der Waals surface area (Å²) in [6, 6.07) is 10.6. The van der Waals surface area contributed by atoms with Gasteiger partial charge < -0.3 is 15.2 Å². The van der Waals surface area contributed by atoms with Crippen LogP contribution in [0, 0.1) is 23.3 Å². The van der Waals surface area contributed by atoms with Gasteiger partial charge in [0.2, 0.25) is 5.91 Å². The quantitative estimate of drug-likeness (QED) is 0.157. The SMILES string of the molecule is C=CCn1c(SCC(=O)Nc2c(C)cc(I)cc2C)nnc1[C@H](NC(=O)c1ccccc1Cl)C(C)C. The van der Waals surface area contributed by atoms with Crippen molar-refractivity contribution in [3.63, 3.8) is 0 Å². The Balaban J connectivity index is 1.78. The highest BCUT2D eigenvalue weighted by Gasteiger charge is 2.27. The number of allylic oxidation sites excluding steroid dienone is 1. The van der Waals surface area contributed by atoms with Gasteiger partial charge in [0.05, 0.1) is 22.4 Å². The Morgan fingerprint density at radius 3 is 2.47 bits per heavy atom. The lowest BCUT2D eigenvalue weighted by Crippen LogP contribution is -2.34. The summed E-state index contributed by atoms with van der Waals surface area (Å²) >= 11 is 9.78. The van der Waals surface area contributed by atoms with E-state index in [1.807, 2.05) is 44.4 Å². The van der Waals surface area contributed by atoms with E-state index in [9.17, 15) is 9.59 Å². The van der Waals surface area contributed by atoms with E-state index in [0.717, 1.165) is 20.4 Å². The first kappa shape index (κ1) is 28.2. The summed E-state index contributed by atoms with van der Waals surface area (Å²) in [5, 5.41) is 15.7. The predicted octanol–water partition coefficient (Wildman–Crippen LogP) is 6.20. The monoisotopic (exact) mass is 637 g/mol. The van der Waals surface area contributed by atoms with Gasteiger partial charge in [-0.1, -0.05) is 55.4 Å². The highest BCUT2D eigenvalue weighted by atomic mass is 127. The number of carbonyl (C=O) groups is 2. The van der Waals surface area contributed by atoms with E-state index in [1.54, 1.807) is 30.3 Å². The number of amides is 2. The third kappa shape index (κ3) is 6.89. The van der Waals surface area contributed by atoms with Crippen molar-refractivity contribution in [3.05, 3.63) is 80.2 Å². The molecule has 0 fully saturated rings. The number of benzene rings is 2. The van der Waals surface area contributed by atoms with Crippen LogP contribution in [-0.2, 0) is 11.3 Å². The number of aromatic nitrogens is 3. The number of halogens is 2. The minimum Gasteiger partial charge on any atom is -0.342 e. The Hall–Kier alpha value is -2.37. The van der Waals surface area contributed by atoms with E-state index < -0.39 is 6.04 Å². The zero-order valence-corrected chi connectivity index (χ0v) is 24.4. The molecule has 0 saturated carbocycles. The van der Waals surface area contributed by atoms with E-state index in [4.69, 9.17) is 11.6 Å². The lowest BCUT2D eigenvalue weighted by atomic mass is 10.0. The summed E-state index contributed by atoms with van der Waals surface area (Å²) in [6.45, 7) is 12.2. The summed E-state index contributed by atoms with van der Waals surface area (Å²) in [5.74, 6) is 0.368. The van der Waals surface area contributed by atoms with Crippen molar-refractivity contribution < 1.29 is 9.59 Å². The predicted molar refractivity (Wildman–Crippen MR) is 155 cm³/mol. The molecule has 0 aliphatic heterocycles. The van der Waals surface area contributed by atoms with Crippen LogP contribution in [0.4, 0.5) is 5.69 Å². The van der Waals surface area contributed by atoms with Crippen LogP contribution in [0.1, 0.15) is 47.2 Å². The van der Waals surface area contributed by atoms with Gasteiger partial charge in [0.15, 0.2) is 11.0 Å². The highest BCUT2D eigenvalue weighted by Crippen LogP contribution is 2.27. The molecule has 2 amide bonds. The second-order valence-corrected chi connectivity index (χ2v) is 11.3. The lowest BCUT2D eigenvalue weighted by molar-refractivity contribution is -0.113. The Kier molecular flexibility index (Phi) is 9.98. The number of hydrogen-bond acceptors (Lipinski definition) is 5. The van der Waals surface area contributed by atoms with Gasteiger partial charge in [-0.25, -0.2) is 0 Å². The third-order valence-corrected chi connectivity index (χ3v) is 7.42. The van der Waals surface area contributed by atoms with Gasteiger partial charge in [-0.2, -0.15) is 0 Å². The molecule has 2 N–H and O–H groups in total. The molecule has 190 valence electrons. The van der Waals surface area contributed by atoms with Crippen LogP contribution < -0.4 is 10.6 Å². The van der Waals surface area contributed by atoms with Crippen LogP contribution in [0.25, 0.3) is 0 Å². The summed E-state index contributed by atoms with van der Waals surface area (Å²) in [6.07, 6.45) is 1.74. The Labute approximate surface area is 234 Å². The lowest BCUT2D eigenvalue weighted by Gasteiger charge is -2.23. The van der Waals surface area contributed by atoms with Crippen molar-refractivity contribution in [2.45, 2.75) is 45.4 Å². The van der Waals surface area contributed by atoms with Crippen molar-refractivity contribution in [1.82, 2.24) is 20.1 Å². The molecule has 2 aromatic carbocycles. The maximum Gasteiger partial charge on any atom is 0.253 e. The number of thioether (sulfide) groups is 1. The zero-order chi connectivity index (χ0) is 26.4. The molecule has 0 radical (unpaired) electrons. The van der Waals surface area contributed by atoms with Crippen molar-refractivity contribution >= 4 is 63.5 Å². The number of aryl methyl sites for hydroxylation is 2. The van der Waals surface area contributed by atoms with Crippen molar-refractivity contribution in [2.75, 3.05) is 11.1 Å². The van der Waals surface area contributed by atoms with Gasteiger partial charge in [0, 0.05) is 15.8 Å². The molecule has 0 unspecified atom stereocenters. The molecule has 1 heterocycles. The minimum atomic E-state index is -0.415. The summed E-state index contributed by atoms with van der Waals surface area (Å²) in [7, 11) is 0. The molecule has 10 heteroatoms. The zero-order valence-electron chi connectivity index (χ0n) is 20.6. The maximum atomic E-state index is 13.0. The standard InChI is InChI=1S/C26H29ClIN5O2S/c1-6-11-33-24(22(15(2)3)30-25(35)19-9-7-8-10-20(19)27)31-32-26(33)36-14-21(34)29-23-16(4)12-18(28)13-17(23)5/h6-10,12-13,15,22H,1,11,14H2,2-5H3,(H,29,34)(H,30,35)/t22-/m1/s1. The summed E-state index contributed by atoms with van der Waals surface area (Å²) in [5.41, 5.74) is 3.26. The van der Waals surface area contributed by atoms with Gasteiger partial charge >= 0.3 is 0 Å². The van der Waals surface area contributed by atoms with Crippen LogP contribution in [0.5, 0.6) is 0 Å². The molecule has 0 bridgehead atoms. The van der Waals surface area contributed by atoms with Gasteiger partial charge in [-0.05, 0) is 77.7 Å². The third-order valence-electron chi connectivity index (χ3n) is 5.50. The molecule has 0 saturated heterocycles. The van der Waals surface area contributed by atoms with Crippen LogP contribution in [0.15, 0.2) is 54.2 Å². The second kappa shape index (κ2) is 12.7. The topological polar surface area (TPSA) is 88.9 Å². The molecular weight excluding hydrogens is 609 g/mol. The van der Waals surface area contributed by atoms with Gasteiger partial charge in [0.1, 0.15) is 0 Å². The Morgan fingerprint density at radius 2 is 1.86 bits per heavy atom. The summed E-state index contributed by atoms with van der Waals surface area (Å²) < 4.78 is 3.01. The first-order valence-electron chi connectivity index (χ1n) is 11.4. The van der Waals surface area contributed by atoms with E-state index in [2.05, 4.69) is 50.0 Å². The average Bonchev–Trinajstić information content (AvgIpc) is 3.20. The number of nitrogens with one attached hydrogen (secondary N) is 2. The highest BCUT2D eigenvalue weighted by molar-refractivity contribution is 14.1. The molecule has 0 spiro atoms. The second-order valence-electron chi connectivity index (χ2n) is 8.67. The normalized spacial score (nSPS) is 11.9. The van der Waals surface area contributed by atoms with Crippen LogP contribution in [0.2, 0.25) is 5.02 Å². The smallest absolute Gasteiger partial charge is 0.253 e. The van der Waals surface area contributed by atoms with E-state index in [1.165, 1.54) is 11.8 Å². The fourth-order valence-electron chi connectivity index (χ4n) is 3.74. The van der Waals surface area contributed by atoms with Crippen molar-refractivity contribution in [2.24, 2.45) is 5.92 Å². The molecule has 36 heavy (non-hydrogen) atoms. The maximum absolute atomic E-state index is 13.0. The molecule has 3 aromatic rings. The molecule has 1 atom stereocenters. The average molecular weight is 638 g/mol. The summed E-state index contributed by atoms with van der Waals surface area (Å²) in [4.78, 5) is 25.7. The molecule has 0 aliphatic carbocycles. The number of hydrogen-bond donors (Lipinski definition) is 2. The molecular formula is C26H29ClIN5O2S.